The van der Waals surface area contributed by atoms with E-state index < -0.39 is 0 Å². The monoisotopic (exact) mass is 328 g/mol. The molecule has 0 aliphatic rings. The van der Waals surface area contributed by atoms with Crippen LogP contribution in [0.25, 0.3) is 0 Å². The van der Waals surface area contributed by atoms with Crippen molar-refractivity contribution in [1.29, 1.82) is 0 Å². The molecule has 0 aromatic carbocycles. The number of hydrogen-bond acceptors (Lipinski definition) is 3. The van der Waals surface area contributed by atoms with Crippen molar-refractivity contribution in [3.63, 3.8) is 0 Å². The van der Waals surface area contributed by atoms with Gasteiger partial charge in [0.05, 0.1) is 6.61 Å². The highest BCUT2D eigenvalue weighted by Crippen LogP contribution is 2.13. The summed E-state index contributed by atoms with van der Waals surface area (Å²) in [5.74, 6) is -0.172. The Hall–Kier alpha value is -0.570. The second kappa shape index (κ2) is 19.5. The highest BCUT2D eigenvalue weighted by molar-refractivity contribution is 5.69. The van der Waals surface area contributed by atoms with Crippen LogP contribution >= 0.6 is 0 Å². The molecule has 0 saturated heterocycles. The maximum absolute atomic E-state index is 11.2. The van der Waals surface area contributed by atoms with Crippen LogP contribution in [0.2, 0.25) is 0 Å². The molecule has 0 radical (unpaired) electrons. The molecule has 0 aliphatic heterocycles. The molecule has 3 nitrogen and oxygen atoms in total. The van der Waals surface area contributed by atoms with E-state index in [0.29, 0.717) is 6.42 Å². The standard InChI is InChI=1S/C20H40O3/c1-2-3-4-5-6-7-8-9-10-11-12-13-14-15-16-17-20(22)23-19-18-21/h21H,2-19H2,1H3. The molecular formula is C20H40O3. The van der Waals surface area contributed by atoms with E-state index in [1.807, 2.05) is 0 Å². The number of carbonyl (C=O) groups excluding carboxylic acids is 1. The van der Waals surface area contributed by atoms with Gasteiger partial charge in [-0.25, -0.2) is 0 Å². The Kier molecular flexibility index (Phi) is 19.0. The van der Waals surface area contributed by atoms with Gasteiger partial charge >= 0.3 is 5.97 Å². The molecule has 0 aromatic heterocycles. The first-order valence-electron chi connectivity index (χ1n) is 10.1. The molecule has 0 atom stereocenters. The van der Waals surface area contributed by atoms with Gasteiger partial charge in [0.2, 0.25) is 0 Å². The summed E-state index contributed by atoms with van der Waals surface area (Å²) in [5.41, 5.74) is 0. The van der Waals surface area contributed by atoms with Crippen LogP contribution in [0.5, 0.6) is 0 Å². The van der Waals surface area contributed by atoms with E-state index in [1.165, 1.54) is 83.5 Å². The number of rotatable bonds is 18. The van der Waals surface area contributed by atoms with Crippen molar-refractivity contribution in [2.45, 2.75) is 110 Å². The zero-order chi connectivity index (χ0) is 17.0. The van der Waals surface area contributed by atoms with E-state index >= 15 is 0 Å². The summed E-state index contributed by atoms with van der Waals surface area (Å²) < 4.78 is 4.82. The van der Waals surface area contributed by atoms with Crippen LogP contribution in [0.15, 0.2) is 0 Å². The lowest BCUT2D eigenvalue weighted by Crippen LogP contribution is -2.07. The maximum Gasteiger partial charge on any atom is 0.305 e. The van der Waals surface area contributed by atoms with Gasteiger partial charge in [0.1, 0.15) is 6.61 Å². The Bertz CT molecular complexity index is 241. The lowest BCUT2D eigenvalue weighted by atomic mass is 10.0. The van der Waals surface area contributed by atoms with Crippen LogP contribution in [-0.4, -0.2) is 24.3 Å². The smallest absolute Gasteiger partial charge is 0.305 e. The fourth-order valence-corrected chi connectivity index (χ4v) is 2.87. The number of esters is 1. The van der Waals surface area contributed by atoms with E-state index in [0.717, 1.165) is 12.8 Å². The first-order valence-corrected chi connectivity index (χ1v) is 10.1. The van der Waals surface area contributed by atoms with Crippen LogP contribution in [0.3, 0.4) is 0 Å². The van der Waals surface area contributed by atoms with Crippen molar-refractivity contribution in [2.75, 3.05) is 13.2 Å². The van der Waals surface area contributed by atoms with E-state index in [9.17, 15) is 4.79 Å². The molecule has 0 bridgehead atoms. The fourth-order valence-electron chi connectivity index (χ4n) is 2.87. The van der Waals surface area contributed by atoms with Gasteiger partial charge in [-0.05, 0) is 6.42 Å². The van der Waals surface area contributed by atoms with Crippen molar-refractivity contribution in [2.24, 2.45) is 0 Å². The summed E-state index contributed by atoms with van der Waals surface area (Å²) in [6.45, 7) is 2.33. The van der Waals surface area contributed by atoms with Gasteiger partial charge in [0.25, 0.3) is 0 Å². The number of aliphatic hydroxyl groups excluding tert-OH is 1. The highest BCUT2D eigenvalue weighted by Gasteiger charge is 2.01. The number of ether oxygens (including phenoxy) is 1. The molecular weight excluding hydrogens is 288 g/mol. The minimum absolute atomic E-state index is 0.0788. The number of hydrogen-bond donors (Lipinski definition) is 1. The lowest BCUT2D eigenvalue weighted by Gasteiger charge is -2.04. The summed E-state index contributed by atoms with van der Waals surface area (Å²) in [7, 11) is 0. The topological polar surface area (TPSA) is 46.5 Å². The van der Waals surface area contributed by atoms with Crippen molar-refractivity contribution in [3.05, 3.63) is 0 Å². The zero-order valence-corrected chi connectivity index (χ0v) is 15.5. The fraction of sp³-hybridized carbons (Fsp3) is 0.950. The lowest BCUT2D eigenvalue weighted by molar-refractivity contribution is -0.144. The number of carbonyl (C=O) groups is 1. The molecule has 0 fully saturated rings. The second-order valence-corrected chi connectivity index (χ2v) is 6.64. The molecule has 0 aromatic rings. The van der Waals surface area contributed by atoms with Crippen LogP contribution in [0, 0.1) is 0 Å². The van der Waals surface area contributed by atoms with Gasteiger partial charge in [-0.2, -0.15) is 0 Å². The van der Waals surface area contributed by atoms with Crippen LogP contribution in [-0.2, 0) is 9.53 Å². The molecule has 0 heterocycles. The Balaban J connectivity index is 3.04. The van der Waals surface area contributed by atoms with Gasteiger partial charge < -0.3 is 9.84 Å². The van der Waals surface area contributed by atoms with Crippen LogP contribution in [0.1, 0.15) is 110 Å². The summed E-state index contributed by atoms with van der Waals surface area (Å²) in [5, 5.41) is 8.54. The van der Waals surface area contributed by atoms with Crippen molar-refractivity contribution >= 4 is 5.97 Å². The average Bonchev–Trinajstić information content (AvgIpc) is 2.56. The SMILES string of the molecule is CCCCCCCCCCCCCCCCCC(=O)OCCO. The summed E-state index contributed by atoms with van der Waals surface area (Å²) >= 11 is 0. The molecule has 3 heteroatoms. The average molecular weight is 329 g/mol. The Morgan fingerprint density at radius 2 is 1.09 bits per heavy atom. The van der Waals surface area contributed by atoms with Gasteiger partial charge in [-0.3, -0.25) is 4.79 Å². The number of aliphatic hydroxyl groups is 1. The van der Waals surface area contributed by atoms with Gasteiger partial charge in [0.15, 0.2) is 0 Å². The van der Waals surface area contributed by atoms with E-state index in [4.69, 9.17) is 9.84 Å². The van der Waals surface area contributed by atoms with Crippen molar-refractivity contribution < 1.29 is 14.6 Å². The molecule has 0 spiro atoms. The maximum atomic E-state index is 11.2. The molecule has 0 unspecified atom stereocenters. The molecule has 0 saturated carbocycles. The largest absolute Gasteiger partial charge is 0.463 e. The quantitative estimate of drug-likeness (QED) is 0.256. The molecule has 1 N–H and O–H groups in total. The third kappa shape index (κ3) is 19.4. The summed E-state index contributed by atoms with van der Waals surface area (Å²) in [6.07, 6.45) is 20.4. The van der Waals surface area contributed by atoms with Crippen LogP contribution in [0.4, 0.5) is 0 Å². The predicted octanol–water partition coefficient (Wildman–Crippen LogP) is 5.78. The molecule has 0 aliphatic carbocycles. The minimum atomic E-state index is -0.172. The first-order chi connectivity index (χ1) is 11.3. The Morgan fingerprint density at radius 1 is 0.696 bits per heavy atom. The molecule has 23 heavy (non-hydrogen) atoms. The van der Waals surface area contributed by atoms with E-state index in [2.05, 4.69) is 6.92 Å². The second-order valence-electron chi connectivity index (χ2n) is 6.64. The molecule has 0 rings (SSSR count). The molecule has 0 amide bonds. The van der Waals surface area contributed by atoms with Gasteiger partial charge in [-0.15, -0.1) is 0 Å². The van der Waals surface area contributed by atoms with Gasteiger partial charge in [-0.1, -0.05) is 96.8 Å². The van der Waals surface area contributed by atoms with E-state index in [1.54, 1.807) is 0 Å². The summed E-state index contributed by atoms with van der Waals surface area (Å²) in [6, 6.07) is 0. The highest BCUT2D eigenvalue weighted by atomic mass is 16.5. The van der Waals surface area contributed by atoms with Crippen LogP contribution < -0.4 is 0 Å². The predicted molar refractivity (Wildman–Crippen MR) is 97.6 cm³/mol. The summed E-state index contributed by atoms with van der Waals surface area (Å²) in [4.78, 5) is 11.2. The number of unbranched alkanes of at least 4 members (excludes halogenated alkanes) is 14. The van der Waals surface area contributed by atoms with Gasteiger partial charge in [0, 0.05) is 6.42 Å². The van der Waals surface area contributed by atoms with Crippen molar-refractivity contribution in [3.8, 4) is 0 Å². The molecule has 138 valence electrons. The zero-order valence-electron chi connectivity index (χ0n) is 15.5. The third-order valence-corrected chi connectivity index (χ3v) is 4.34. The Labute approximate surface area is 144 Å². The normalized spacial score (nSPS) is 10.9. The Morgan fingerprint density at radius 3 is 1.48 bits per heavy atom. The van der Waals surface area contributed by atoms with E-state index in [-0.39, 0.29) is 19.2 Å². The third-order valence-electron chi connectivity index (χ3n) is 4.34. The minimum Gasteiger partial charge on any atom is -0.463 e. The first kappa shape index (κ1) is 22.4. The van der Waals surface area contributed by atoms with Crippen molar-refractivity contribution in [1.82, 2.24) is 0 Å².